The van der Waals surface area contributed by atoms with Gasteiger partial charge in [0.05, 0.1) is 29.2 Å². The maximum absolute atomic E-state index is 13.0. The van der Waals surface area contributed by atoms with E-state index in [0.717, 1.165) is 17.6 Å². The zero-order valence-electron chi connectivity index (χ0n) is 15.5. The van der Waals surface area contributed by atoms with Crippen LogP contribution in [0.1, 0.15) is 23.0 Å². The number of hydrogen-bond donors (Lipinski definition) is 2. The fourth-order valence-electron chi connectivity index (χ4n) is 4.00. The van der Waals surface area contributed by atoms with Gasteiger partial charge in [-0.15, -0.1) is 0 Å². The normalized spacial score (nSPS) is 17.1. The summed E-state index contributed by atoms with van der Waals surface area (Å²) in [6, 6.07) is 11.8. The van der Waals surface area contributed by atoms with Crippen LogP contribution in [-0.4, -0.2) is 27.7 Å². The summed E-state index contributed by atoms with van der Waals surface area (Å²) in [7, 11) is 0. The Morgan fingerprint density at radius 3 is 2.93 bits per heavy atom. The summed E-state index contributed by atoms with van der Waals surface area (Å²) in [5, 5.41) is 4.63. The summed E-state index contributed by atoms with van der Waals surface area (Å²) >= 11 is 0. The van der Waals surface area contributed by atoms with Crippen molar-refractivity contribution < 1.29 is 17.9 Å². The van der Waals surface area contributed by atoms with Crippen molar-refractivity contribution in [3.63, 3.8) is 0 Å². The predicted molar refractivity (Wildman–Crippen MR) is 103 cm³/mol. The van der Waals surface area contributed by atoms with Gasteiger partial charge in [0.25, 0.3) is 0 Å². The molecule has 0 saturated heterocycles. The van der Waals surface area contributed by atoms with Gasteiger partial charge in [-0.25, -0.2) is 4.98 Å². The highest BCUT2D eigenvalue weighted by Crippen LogP contribution is 2.33. The van der Waals surface area contributed by atoms with E-state index in [0.29, 0.717) is 43.2 Å². The molecule has 5 nitrogen and oxygen atoms in total. The molecule has 2 N–H and O–H groups in total. The number of imidazole rings is 1. The summed E-state index contributed by atoms with van der Waals surface area (Å²) in [5.74, 6) is 0.657. The molecule has 2 aromatic heterocycles. The number of ether oxygens (including phenoxy) is 1. The van der Waals surface area contributed by atoms with Crippen molar-refractivity contribution in [1.82, 2.24) is 19.9 Å². The Bertz CT molecular complexity index is 1180. The number of aromatic nitrogens is 3. The number of hydrogen-bond acceptors (Lipinski definition) is 3. The number of fused-ring (bicyclic) bond motifs is 4. The van der Waals surface area contributed by atoms with E-state index in [1.165, 1.54) is 17.0 Å². The lowest BCUT2D eigenvalue weighted by molar-refractivity contribution is -0.137. The van der Waals surface area contributed by atoms with Crippen LogP contribution in [0.2, 0.25) is 0 Å². The number of para-hydroxylation sites is 1. The Morgan fingerprint density at radius 1 is 1.21 bits per heavy atom. The van der Waals surface area contributed by atoms with Gasteiger partial charge in [0.15, 0.2) is 0 Å². The van der Waals surface area contributed by atoms with Gasteiger partial charge in [-0.1, -0.05) is 18.2 Å². The quantitative estimate of drug-likeness (QED) is 0.534. The van der Waals surface area contributed by atoms with Gasteiger partial charge in [-0.3, -0.25) is 0 Å². The number of halogens is 3. The maximum atomic E-state index is 13.0. The van der Waals surface area contributed by atoms with Crippen LogP contribution in [0.15, 0.2) is 48.7 Å². The average Bonchev–Trinajstić information content (AvgIpc) is 3.28. The van der Waals surface area contributed by atoms with E-state index in [-0.39, 0.29) is 6.04 Å². The van der Waals surface area contributed by atoms with E-state index in [1.54, 1.807) is 0 Å². The van der Waals surface area contributed by atoms with Crippen LogP contribution in [0.25, 0.3) is 21.9 Å². The lowest BCUT2D eigenvalue weighted by Gasteiger charge is -2.26. The maximum Gasteiger partial charge on any atom is 0.416 e. The fourth-order valence-corrected chi connectivity index (χ4v) is 4.00. The Balaban J connectivity index is 1.37. The molecule has 0 aliphatic carbocycles. The van der Waals surface area contributed by atoms with Gasteiger partial charge < -0.3 is 19.6 Å². The molecule has 0 saturated carbocycles. The van der Waals surface area contributed by atoms with Gasteiger partial charge >= 0.3 is 6.18 Å². The van der Waals surface area contributed by atoms with Gasteiger partial charge in [-0.2, -0.15) is 13.2 Å². The first-order chi connectivity index (χ1) is 14.0. The van der Waals surface area contributed by atoms with E-state index in [1.807, 2.05) is 29.0 Å². The fraction of sp³-hybridized carbons (Fsp3) is 0.286. The molecule has 0 amide bonds. The summed E-state index contributed by atoms with van der Waals surface area (Å²) in [6.07, 6.45) is -2.39. The molecule has 0 spiro atoms. The second-order valence-electron chi connectivity index (χ2n) is 7.26. The van der Waals surface area contributed by atoms with E-state index in [4.69, 9.17) is 4.74 Å². The van der Waals surface area contributed by atoms with Crippen molar-refractivity contribution in [3.8, 4) is 0 Å². The molecule has 1 atom stereocenters. The van der Waals surface area contributed by atoms with Crippen molar-refractivity contribution in [2.75, 3.05) is 13.2 Å². The largest absolute Gasteiger partial charge is 0.416 e. The number of alkyl halides is 3. The lowest BCUT2D eigenvalue weighted by atomic mass is 10.1. The molecule has 1 aliphatic heterocycles. The van der Waals surface area contributed by atoms with Crippen LogP contribution >= 0.6 is 0 Å². The van der Waals surface area contributed by atoms with Crippen LogP contribution in [-0.2, 0) is 24.1 Å². The van der Waals surface area contributed by atoms with E-state index in [9.17, 15) is 13.2 Å². The van der Waals surface area contributed by atoms with Gasteiger partial charge in [0, 0.05) is 30.2 Å². The average molecular weight is 400 g/mol. The zero-order valence-corrected chi connectivity index (χ0v) is 15.5. The van der Waals surface area contributed by atoms with Gasteiger partial charge in [0.2, 0.25) is 0 Å². The SMILES string of the molecule is FC(F)(F)c1ccc2c(c1)nc1n2[C@@H](CNCc2c[nH]c3ccccc23)COC1. The van der Waals surface area contributed by atoms with E-state index < -0.39 is 11.7 Å². The van der Waals surface area contributed by atoms with Crippen LogP contribution in [0.5, 0.6) is 0 Å². The third-order valence-corrected chi connectivity index (χ3v) is 5.37. The number of H-pyrrole nitrogens is 1. The number of rotatable bonds is 4. The third kappa shape index (κ3) is 3.28. The Hall–Kier alpha value is -2.84. The highest BCUT2D eigenvalue weighted by molar-refractivity contribution is 5.83. The van der Waals surface area contributed by atoms with Crippen molar-refractivity contribution in [1.29, 1.82) is 0 Å². The molecule has 0 fully saturated rings. The van der Waals surface area contributed by atoms with Gasteiger partial charge in [0.1, 0.15) is 12.4 Å². The van der Waals surface area contributed by atoms with Crippen molar-refractivity contribution in [2.45, 2.75) is 25.4 Å². The summed E-state index contributed by atoms with van der Waals surface area (Å²) in [4.78, 5) is 7.64. The minimum atomic E-state index is -4.38. The molecule has 29 heavy (non-hydrogen) atoms. The third-order valence-electron chi connectivity index (χ3n) is 5.37. The molecule has 0 radical (unpaired) electrons. The topological polar surface area (TPSA) is 54.9 Å². The molecule has 4 aromatic rings. The monoisotopic (exact) mass is 400 g/mol. The first kappa shape index (κ1) is 18.2. The highest BCUT2D eigenvalue weighted by Gasteiger charge is 2.32. The van der Waals surface area contributed by atoms with Crippen molar-refractivity contribution in [2.24, 2.45) is 0 Å². The molecule has 3 heterocycles. The minimum absolute atomic E-state index is 0.0364. The molecule has 150 valence electrons. The molecular weight excluding hydrogens is 381 g/mol. The molecule has 0 unspecified atom stereocenters. The molecular formula is C21H19F3N4O. The van der Waals surface area contributed by atoms with Gasteiger partial charge in [-0.05, 0) is 29.8 Å². The molecule has 5 rings (SSSR count). The Labute approximate surface area is 164 Å². The summed E-state index contributed by atoms with van der Waals surface area (Å²) in [5.41, 5.74) is 2.63. The predicted octanol–water partition coefficient (Wildman–Crippen LogP) is 4.40. The second kappa shape index (κ2) is 6.89. The standard InChI is InChI=1S/C21H19F3N4O/c22-21(23,24)14-5-6-19-18(7-14)27-20-12-29-11-15(28(19)20)10-25-8-13-9-26-17-4-2-1-3-16(13)17/h1-7,9,15,25-26H,8,10-12H2/t15-/m0/s1. The van der Waals surface area contributed by atoms with Crippen LogP contribution < -0.4 is 5.32 Å². The number of nitrogens with zero attached hydrogens (tertiary/aromatic N) is 2. The number of aromatic amines is 1. The molecule has 1 aliphatic rings. The zero-order chi connectivity index (χ0) is 20.0. The molecule has 2 aromatic carbocycles. The number of nitrogens with one attached hydrogen (secondary N) is 2. The Kier molecular flexibility index (Phi) is 4.33. The molecule has 8 heteroatoms. The van der Waals surface area contributed by atoms with Crippen LogP contribution in [0, 0.1) is 0 Å². The van der Waals surface area contributed by atoms with E-state index >= 15 is 0 Å². The second-order valence-corrected chi connectivity index (χ2v) is 7.26. The first-order valence-corrected chi connectivity index (χ1v) is 9.42. The number of benzene rings is 2. The first-order valence-electron chi connectivity index (χ1n) is 9.42. The van der Waals surface area contributed by atoms with Crippen LogP contribution in [0.4, 0.5) is 13.2 Å². The summed E-state index contributed by atoms with van der Waals surface area (Å²) in [6.45, 7) is 2.09. The smallest absolute Gasteiger partial charge is 0.371 e. The summed E-state index contributed by atoms with van der Waals surface area (Å²) < 4.78 is 46.7. The Morgan fingerprint density at radius 2 is 2.07 bits per heavy atom. The highest BCUT2D eigenvalue weighted by atomic mass is 19.4. The van der Waals surface area contributed by atoms with Crippen molar-refractivity contribution in [3.05, 3.63) is 65.6 Å². The van der Waals surface area contributed by atoms with E-state index in [2.05, 4.69) is 21.4 Å². The van der Waals surface area contributed by atoms with Crippen molar-refractivity contribution >= 4 is 21.9 Å². The molecule has 0 bridgehead atoms. The lowest BCUT2D eigenvalue weighted by Crippen LogP contribution is -2.32. The van der Waals surface area contributed by atoms with Crippen LogP contribution in [0.3, 0.4) is 0 Å². The minimum Gasteiger partial charge on any atom is -0.371 e.